The van der Waals surface area contributed by atoms with E-state index in [0.29, 0.717) is 18.8 Å². The lowest BCUT2D eigenvalue weighted by Crippen LogP contribution is -2.38. The van der Waals surface area contributed by atoms with Crippen LogP contribution in [-0.4, -0.2) is 69.1 Å². The van der Waals surface area contributed by atoms with E-state index in [2.05, 4.69) is 32.6 Å². The third kappa shape index (κ3) is 10.9. The molecule has 44 heavy (non-hydrogen) atoms. The van der Waals surface area contributed by atoms with Gasteiger partial charge in [0, 0.05) is 6.54 Å². The first kappa shape index (κ1) is 35.0. The SMILES string of the molecule is CCN(CC)CCCOC(=O)OCC(COC(=O)CC1(C)CC2CCCC(C2)C1)COC(=O)CC12CCCC(CC(C)C1)C2. The molecule has 4 aliphatic rings. The summed E-state index contributed by atoms with van der Waals surface area (Å²) in [6.45, 7) is 11.9. The third-order valence-electron chi connectivity index (χ3n) is 11.2. The molecule has 4 saturated carbocycles. The van der Waals surface area contributed by atoms with Gasteiger partial charge < -0.3 is 23.8 Å². The summed E-state index contributed by atoms with van der Waals surface area (Å²) in [6, 6.07) is 0. The van der Waals surface area contributed by atoms with Crippen LogP contribution in [-0.2, 0) is 28.5 Å². The Labute approximate surface area is 266 Å². The molecule has 0 spiro atoms. The molecule has 0 heterocycles. The zero-order chi connectivity index (χ0) is 31.6. The van der Waals surface area contributed by atoms with Gasteiger partial charge in [0.15, 0.2) is 0 Å². The lowest BCUT2D eigenvalue weighted by atomic mass is 9.58. The fraction of sp³-hybridized carbons (Fsp3) is 0.917. The highest BCUT2D eigenvalue weighted by Gasteiger charge is 2.44. The van der Waals surface area contributed by atoms with Crippen molar-refractivity contribution in [2.45, 2.75) is 124 Å². The highest BCUT2D eigenvalue weighted by Crippen LogP contribution is 2.53. The summed E-state index contributed by atoms with van der Waals surface area (Å²) < 4.78 is 22.3. The predicted molar refractivity (Wildman–Crippen MR) is 170 cm³/mol. The summed E-state index contributed by atoms with van der Waals surface area (Å²) in [5.74, 6) is 1.97. The lowest BCUT2D eigenvalue weighted by molar-refractivity contribution is -0.154. The van der Waals surface area contributed by atoms with Crippen LogP contribution in [0.3, 0.4) is 0 Å². The number of ether oxygens (including phenoxy) is 4. The molecule has 252 valence electrons. The molecule has 0 aromatic heterocycles. The molecule has 0 aromatic rings. The van der Waals surface area contributed by atoms with E-state index >= 15 is 0 Å². The van der Waals surface area contributed by atoms with Crippen LogP contribution in [0.1, 0.15) is 124 Å². The average Bonchev–Trinajstić information content (AvgIpc) is 2.95. The first-order valence-corrected chi connectivity index (χ1v) is 17.9. The zero-order valence-electron chi connectivity index (χ0n) is 28.2. The Bertz CT molecular complexity index is 919. The van der Waals surface area contributed by atoms with E-state index in [0.717, 1.165) is 75.9 Å². The Hall–Kier alpha value is -1.83. The molecule has 8 heteroatoms. The fourth-order valence-corrected chi connectivity index (χ4v) is 9.52. The summed E-state index contributed by atoms with van der Waals surface area (Å²) in [6.07, 6.45) is 15.2. The second-order valence-corrected chi connectivity index (χ2v) is 15.5. The van der Waals surface area contributed by atoms with Crippen molar-refractivity contribution in [3.63, 3.8) is 0 Å². The standard InChI is InChI=1S/C36H61NO7/c1-5-37(6-2)14-9-15-41-34(40)44-26-31(24-42-32(38)22-35(4)19-29-10-7-11-30(17-29)20-35)25-43-33(39)23-36-13-8-12-28(21-36)16-27(3)18-36/h27-31H,5-26H2,1-4H3. The summed E-state index contributed by atoms with van der Waals surface area (Å²) in [5.41, 5.74) is 0.0333. The molecule has 0 amide bonds. The van der Waals surface area contributed by atoms with Crippen LogP contribution in [0.15, 0.2) is 0 Å². The first-order chi connectivity index (χ1) is 21.1. The maximum absolute atomic E-state index is 13.1. The fourth-order valence-electron chi connectivity index (χ4n) is 9.52. The van der Waals surface area contributed by atoms with Crippen molar-refractivity contribution in [2.75, 3.05) is 46.1 Å². The molecule has 4 bridgehead atoms. The number of carbonyl (C=O) groups excluding carboxylic acids is 3. The van der Waals surface area contributed by atoms with Crippen molar-refractivity contribution in [1.29, 1.82) is 0 Å². The second-order valence-electron chi connectivity index (χ2n) is 15.5. The van der Waals surface area contributed by atoms with Crippen LogP contribution < -0.4 is 0 Å². The normalized spacial score (nSPS) is 32.0. The van der Waals surface area contributed by atoms with Gasteiger partial charge in [-0.2, -0.15) is 0 Å². The van der Waals surface area contributed by atoms with Crippen molar-refractivity contribution >= 4 is 18.1 Å². The smallest absolute Gasteiger partial charge is 0.465 e. The van der Waals surface area contributed by atoms with Crippen molar-refractivity contribution in [2.24, 2.45) is 40.4 Å². The van der Waals surface area contributed by atoms with Gasteiger partial charge in [-0.1, -0.05) is 59.8 Å². The maximum atomic E-state index is 13.1. The molecule has 4 aliphatic carbocycles. The molecular formula is C36H61NO7. The Morgan fingerprint density at radius 3 is 2.07 bits per heavy atom. The maximum Gasteiger partial charge on any atom is 0.508 e. The minimum atomic E-state index is -0.739. The van der Waals surface area contributed by atoms with Gasteiger partial charge >= 0.3 is 18.1 Å². The second kappa shape index (κ2) is 16.6. The number of carbonyl (C=O) groups is 3. The van der Waals surface area contributed by atoms with E-state index in [1.165, 1.54) is 44.9 Å². The molecule has 0 aliphatic heterocycles. The van der Waals surface area contributed by atoms with Gasteiger partial charge in [-0.3, -0.25) is 9.59 Å². The first-order valence-electron chi connectivity index (χ1n) is 17.9. The van der Waals surface area contributed by atoms with Gasteiger partial charge in [-0.25, -0.2) is 4.79 Å². The van der Waals surface area contributed by atoms with E-state index in [1.54, 1.807) is 0 Å². The van der Waals surface area contributed by atoms with Crippen LogP contribution in [0.4, 0.5) is 4.79 Å². The quantitative estimate of drug-likeness (QED) is 0.0993. The Morgan fingerprint density at radius 1 is 0.773 bits per heavy atom. The van der Waals surface area contributed by atoms with Crippen molar-refractivity contribution in [3.8, 4) is 0 Å². The van der Waals surface area contributed by atoms with Crippen molar-refractivity contribution in [3.05, 3.63) is 0 Å². The van der Waals surface area contributed by atoms with Crippen molar-refractivity contribution in [1.82, 2.24) is 4.90 Å². The van der Waals surface area contributed by atoms with Crippen molar-refractivity contribution < 1.29 is 33.3 Å². The molecule has 4 fully saturated rings. The highest BCUT2D eigenvalue weighted by molar-refractivity contribution is 5.71. The molecule has 0 N–H and O–H groups in total. The van der Waals surface area contributed by atoms with Gasteiger partial charge in [-0.15, -0.1) is 0 Å². The number of hydrogen-bond acceptors (Lipinski definition) is 8. The van der Waals surface area contributed by atoms with Gasteiger partial charge in [-0.05, 0) is 99.0 Å². The molecule has 0 radical (unpaired) electrons. The van der Waals surface area contributed by atoms with E-state index in [4.69, 9.17) is 18.9 Å². The molecule has 6 unspecified atom stereocenters. The number of rotatable bonds is 16. The molecular weight excluding hydrogens is 558 g/mol. The zero-order valence-corrected chi connectivity index (χ0v) is 28.2. The van der Waals surface area contributed by atoms with Gasteiger partial charge in [0.1, 0.15) is 19.8 Å². The monoisotopic (exact) mass is 619 g/mol. The Balaban J connectivity index is 1.26. The Morgan fingerprint density at radius 2 is 1.39 bits per heavy atom. The van der Waals surface area contributed by atoms with E-state index in [9.17, 15) is 14.4 Å². The van der Waals surface area contributed by atoms with Crippen LogP contribution in [0.5, 0.6) is 0 Å². The average molecular weight is 620 g/mol. The van der Waals surface area contributed by atoms with Crippen LogP contribution in [0.25, 0.3) is 0 Å². The summed E-state index contributed by atoms with van der Waals surface area (Å²) >= 11 is 0. The number of hydrogen-bond donors (Lipinski definition) is 0. The lowest BCUT2D eigenvalue weighted by Gasteiger charge is -2.47. The number of fused-ring (bicyclic) bond motifs is 4. The molecule has 4 rings (SSSR count). The number of nitrogens with zero attached hydrogens (tertiary/aromatic N) is 1. The van der Waals surface area contributed by atoms with E-state index in [1.807, 2.05) is 0 Å². The summed E-state index contributed by atoms with van der Waals surface area (Å²) in [5, 5.41) is 0. The van der Waals surface area contributed by atoms with Crippen LogP contribution in [0, 0.1) is 40.4 Å². The number of esters is 2. The minimum Gasteiger partial charge on any atom is -0.465 e. The van der Waals surface area contributed by atoms with Crippen LogP contribution in [0.2, 0.25) is 0 Å². The van der Waals surface area contributed by atoms with Gasteiger partial charge in [0.2, 0.25) is 0 Å². The minimum absolute atomic E-state index is 0.0211. The third-order valence-corrected chi connectivity index (χ3v) is 11.2. The summed E-state index contributed by atoms with van der Waals surface area (Å²) in [7, 11) is 0. The predicted octanol–water partition coefficient (Wildman–Crippen LogP) is 7.57. The molecule has 6 atom stereocenters. The van der Waals surface area contributed by atoms with Gasteiger partial charge in [0.05, 0.1) is 25.4 Å². The van der Waals surface area contributed by atoms with Crippen LogP contribution >= 0.6 is 0 Å². The summed E-state index contributed by atoms with van der Waals surface area (Å²) in [4.78, 5) is 40.8. The largest absolute Gasteiger partial charge is 0.508 e. The molecule has 8 nitrogen and oxygen atoms in total. The molecule has 0 saturated heterocycles. The highest BCUT2D eigenvalue weighted by atomic mass is 16.7. The topological polar surface area (TPSA) is 91.4 Å². The van der Waals surface area contributed by atoms with E-state index < -0.39 is 12.1 Å². The molecule has 0 aromatic carbocycles. The van der Waals surface area contributed by atoms with Gasteiger partial charge in [0.25, 0.3) is 0 Å². The van der Waals surface area contributed by atoms with E-state index in [-0.39, 0.29) is 49.2 Å². The Kier molecular flexibility index (Phi) is 13.3.